The van der Waals surface area contributed by atoms with Gasteiger partial charge in [-0.15, -0.1) is 0 Å². The summed E-state index contributed by atoms with van der Waals surface area (Å²) in [4.78, 5) is 55.0. The molecule has 2 amide bonds. The highest BCUT2D eigenvalue weighted by Gasteiger charge is 2.63. The second-order valence-electron chi connectivity index (χ2n) is 8.71. The summed E-state index contributed by atoms with van der Waals surface area (Å²) in [5, 5.41) is 0. The summed E-state index contributed by atoms with van der Waals surface area (Å²) in [6, 6.07) is 11.1. The van der Waals surface area contributed by atoms with Crippen LogP contribution in [0.1, 0.15) is 35.3 Å². The molecule has 2 saturated heterocycles. The number of hydrogen-bond acceptors (Lipinski definition) is 6. The first-order valence-corrected chi connectivity index (χ1v) is 11.1. The standard InChI is InChI=1S/C26H24N2O5/c1-4-33-26(32)16-6-9-18(10-7-16)27-24(30)21-20-12-8-17-13-14(2)5-11-19(17)28(20)23(15(3)29)22(21)25(27)31/h5-13,20-23H,4H2,1-3H3/t20-,21+,22+,23-/m1/s1. The van der Waals surface area contributed by atoms with E-state index in [2.05, 4.69) is 0 Å². The van der Waals surface area contributed by atoms with Gasteiger partial charge in [-0.05, 0) is 62.7 Å². The SMILES string of the molecule is CCOC(=O)c1ccc(N2C(=O)[C@@H]3[C@H](C2=O)[C@@H](C(C)=O)N2c4ccc(C)cc4C=C[C@H]32)cc1. The third-order valence-corrected chi connectivity index (χ3v) is 6.71. The molecule has 0 aliphatic carbocycles. The van der Waals surface area contributed by atoms with Gasteiger partial charge < -0.3 is 9.64 Å². The second-order valence-corrected chi connectivity index (χ2v) is 8.71. The van der Waals surface area contributed by atoms with E-state index >= 15 is 0 Å². The monoisotopic (exact) mass is 444 g/mol. The van der Waals surface area contributed by atoms with Crippen molar-refractivity contribution in [2.45, 2.75) is 32.9 Å². The first-order valence-electron chi connectivity index (χ1n) is 11.1. The van der Waals surface area contributed by atoms with Crippen LogP contribution in [0.15, 0.2) is 48.5 Å². The molecular weight excluding hydrogens is 420 g/mol. The van der Waals surface area contributed by atoms with Crippen LogP contribution >= 0.6 is 0 Å². The zero-order chi connectivity index (χ0) is 23.4. The van der Waals surface area contributed by atoms with Gasteiger partial charge in [-0.25, -0.2) is 9.69 Å². The van der Waals surface area contributed by atoms with E-state index in [1.165, 1.54) is 19.1 Å². The quantitative estimate of drug-likeness (QED) is 0.532. The van der Waals surface area contributed by atoms with Crippen molar-refractivity contribution in [1.82, 2.24) is 0 Å². The van der Waals surface area contributed by atoms with Crippen LogP contribution in [0, 0.1) is 18.8 Å². The number of ketones is 1. The van der Waals surface area contributed by atoms with Gasteiger partial charge in [0.05, 0.1) is 35.7 Å². The summed E-state index contributed by atoms with van der Waals surface area (Å²) in [5.41, 5.74) is 3.67. The number of fused-ring (bicyclic) bond motifs is 5. The molecule has 0 aromatic heterocycles. The lowest BCUT2D eigenvalue weighted by atomic mass is 9.88. The molecule has 2 aromatic rings. The molecule has 7 nitrogen and oxygen atoms in total. The number of anilines is 2. The first kappa shape index (κ1) is 21.1. The number of Topliss-reactive ketones (excluding diaryl/α,β-unsaturated/α-hetero) is 1. The summed E-state index contributed by atoms with van der Waals surface area (Å²) in [7, 11) is 0. The summed E-state index contributed by atoms with van der Waals surface area (Å²) >= 11 is 0. The Morgan fingerprint density at radius 3 is 2.36 bits per heavy atom. The molecule has 3 heterocycles. The highest BCUT2D eigenvalue weighted by molar-refractivity contribution is 6.24. The van der Waals surface area contributed by atoms with E-state index < -0.39 is 23.8 Å². The van der Waals surface area contributed by atoms with Gasteiger partial charge in [-0.3, -0.25) is 14.4 Å². The van der Waals surface area contributed by atoms with E-state index in [-0.39, 0.29) is 30.2 Å². The number of aryl methyl sites for hydroxylation is 1. The van der Waals surface area contributed by atoms with E-state index in [0.29, 0.717) is 11.3 Å². The lowest BCUT2D eigenvalue weighted by molar-refractivity contribution is -0.126. The zero-order valence-corrected chi connectivity index (χ0v) is 18.6. The molecule has 3 aliphatic heterocycles. The number of esters is 1. The number of ether oxygens (including phenoxy) is 1. The molecule has 7 heteroatoms. The Morgan fingerprint density at radius 1 is 1.00 bits per heavy atom. The van der Waals surface area contributed by atoms with Crippen molar-refractivity contribution in [3.05, 3.63) is 65.2 Å². The molecule has 168 valence electrons. The Bertz CT molecular complexity index is 1220. The average Bonchev–Trinajstić information content (AvgIpc) is 3.27. The molecule has 0 saturated carbocycles. The number of amides is 2. The van der Waals surface area contributed by atoms with E-state index in [4.69, 9.17) is 4.74 Å². The van der Waals surface area contributed by atoms with Crippen molar-refractivity contribution in [1.29, 1.82) is 0 Å². The van der Waals surface area contributed by atoms with Crippen LogP contribution in [0.4, 0.5) is 11.4 Å². The van der Waals surface area contributed by atoms with E-state index in [1.54, 1.807) is 19.1 Å². The number of carbonyl (C=O) groups excluding carboxylic acids is 4. The van der Waals surface area contributed by atoms with Crippen molar-refractivity contribution in [2.24, 2.45) is 11.8 Å². The van der Waals surface area contributed by atoms with Gasteiger partial charge in [0.15, 0.2) is 5.78 Å². The summed E-state index contributed by atoms with van der Waals surface area (Å²) in [6.45, 7) is 5.46. The van der Waals surface area contributed by atoms with Crippen molar-refractivity contribution in [3.8, 4) is 0 Å². The fourth-order valence-corrected chi connectivity index (χ4v) is 5.37. The Kier molecular flexibility index (Phi) is 4.92. The van der Waals surface area contributed by atoms with Crippen LogP contribution < -0.4 is 9.80 Å². The molecule has 5 rings (SSSR count). The maximum absolute atomic E-state index is 13.6. The molecule has 0 bridgehead atoms. The fraction of sp³-hybridized carbons (Fsp3) is 0.308. The molecule has 0 spiro atoms. The van der Waals surface area contributed by atoms with Gasteiger partial charge in [0.1, 0.15) is 6.04 Å². The van der Waals surface area contributed by atoms with Gasteiger partial charge >= 0.3 is 5.97 Å². The lowest BCUT2D eigenvalue weighted by Crippen LogP contribution is -2.48. The maximum Gasteiger partial charge on any atom is 0.338 e. The summed E-state index contributed by atoms with van der Waals surface area (Å²) < 4.78 is 4.99. The van der Waals surface area contributed by atoms with Gasteiger partial charge in [0.25, 0.3) is 0 Å². The van der Waals surface area contributed by atoms with Gasteiger partial charge in [-0.2, -0.15) is 0 Å². The Hall–Kier alpha value is -3.74. The smallest absolute Gasteiger partial charge is 0.338 e. The first-order chi connectivity index (χ1) is 15.8. The van der Waals surface area contributed by atoms with Crippen LogP contribution in [0.5, 0.6) is 0 Å². The van der Waals surface area contributed by atoms with E-state index in [1.807, 2.05) is 42.2 Å². The molecule has 2 aromatic carbocycles. The predicted molar refractivity (Wildman–Crippen MR) is 123 cm³/mol. The zero-order valence-electron chi connectivity index (χ0n) is 18.6. The maximum atomic E-state index is 13.6. The molecule has 2 fully saturated rings. The minimum Gasteiger partial charge on any atom is -0.462 e. The molecule has 0 N–H and O–H groups in total. The molecular formula is C26H24N2O5. The molecule has 0 unspecified atom stereocenters. The molecule has 3 aliphatic rings. The third-order valence-electron chi connectivity index (χ3n) is 6.71. The molecule has 33 heavy (non-hydrogen) atoms. The number of carbonyl (C=O) groups is 4. The number of hydrogen-bond donors (Lipinski definition) is 0. The van der Waals surface area contributed by atoms with Gasteiger partial charge in [-0.1, -0.05) is 23.8 Å². The number of benzene rings is 2. The summed E-state index contributed by atoms with van der Waals surface area (Å²) in [5.74, 6) is -2.73. The Morgan fingerprint density at radius 2 is 1.70 bits per heavy atom. The van der Waals surface area contributed by atoms with Gasteiger partial charge in [0.2, 0.25) is 11.8 Å². The van der Waals surface area contributed by atoms with Crippen molar-refractivity contribution >= 4 is 41.0 Å². The molecule has 0 radical (unpaired) electrons. The number of nitrogens with zero attached hydrogens (tertiary/aromatic N) is 2. The van der Waals surface area contributed by atoms with E-state index in [0.717, 1.165) is 21.7 Å². The third kappa shape index (κ3) is 3.10. The summed E-state index contributed by atoms with van der Waals surface area (Å²) in [6.07, 6.45) is 3.90. The van der Waals surface area contributed by atoms with Crippen LogP contribution in [-0.4, -0.2) is 42.3 Å². The predicted octanol–water partition coefficient (Wildman–Crippen LogP) is 3.15. The molecule has 4 atom stereocenters. The number of imide groups is 1. The normalized spacial score (nSPS) is 25.1. The largest absolute Gasteiger partial charge is 0.462 e. The van der Waals surface area contributed by atoms with Crippen LogP contribution in [0.25, 0.3) is 6.08 Å². The van der Waals surface area contributed by atoms with Crippen molar-refractivity contribution in [3.63, 3.8) is 0 Å². The lowest BCUT2D eigenvalue weighted by Gasteiger charge is -2.36. The van der Waals surface area contributed by atoms with Crippen molar-refractivity contribution < 1.29 is 23.9 Å². The second kappa shape index (κ2) is 7.69. The Labute approximate surface area is 191 Å². The minimum atomic E-state index is -0.762. The number of rotatable bonds is 4. The minimum absolute atomic E-state index is 0.144. The Balaban J connectivity index is 1.52. The van der Waals surface area contributed by atoms with Gasteiger partial charge in [0, 0.05) is 5.69 Å². The average molecular weight is 444 g/mol. The van der Waals surface area contributed by atoms with Crippen molar-refractivity contribution in [2.75, 3.05) is 16.4 Å². The van der Waals surface area contributed by atoms with Crippen LogP contribution in [0.2, 0.25) is 0 Å². The highest BCUT2D eigenvalue weighted by atomic mass is 16.5. The van der Waals surface area contributed by atoms with Crippen LogP contribution in [-0.2, 0) is 19.1 Å². The van der Waals surface area contributed by atoms with Crippen LogP contribution in [0.3, 0.4) is 0 Å². The van der Waals surface area contributed by atoms with E-state index in [9.17, 15) is 19.2 Å². The topological polar surface area (TPSA) is 84.0 Å². The fourth-order valence-electron chi connectivity index (χ4n) is 5.37. The highest BCUT2D eigenvalue weighted by Crippen LogP contribution is 2.49.